The van der Waals surface area contributed by atoms with Crippen LogP contribution in [0, 0.1) is 6.92 Å². The van der Waals surface area contributed by atoms with E-state index in [2.05, 4.69) is 5.32 Å². The fourth-order valence-electron chi connectivity index (χ4n) is 4.92. The van der Waals surface area contributed by atoms with Crippen LogP contribution in [0.4, 0.5) is 5.69 Å². The largest absolute Gasteiger partial charge is 0.352 e. The van der Waals surface area contributed by atoms with Gasteiger partial charge in [-0.3, -0.25) is 13.9 Å². The lowest BCUT2D eigenvalue weighted by Gasteiger charge is -2.34. The first kappa shape index (κ1) is 34.0. The number of amides is 2. The van der Waals surface area contributed by atoms with Gasteiger partial charge in [-0.25, -0.2) is 8.42 Å². The third-order valence-corrected chi connectivity index (χ3v) is 9.84. The molecule has 0 aromatic heterocycles. The average Bonchev–Trinajstić information content (AvgIpc) is 3.02. The zero-order valence-electron chi connectivity index (χ0n) is 25.5. The average molecular weight is 667 g/mol. The van der Waals surface area contributed by atoms with Gasteiger partial charge < -0.3 is 10.2 Å². The Morgan fingerprint density at radius 2 is 1.47 bits per heavy atom. The van der Waals surface area contributed by atoms with E-state index < -0.39 is 28.5 Å². The van der Waals surface area contributed by atoms with Crippen LogP contribution in [-0.2, 0) is 32.6 Å². The molecule has 0 heterocycles. The van der Waals surface area contributed by atoms with Gasteiger partial charge in [-0.05, 0) is 79.4 Å². The van der Waals surface area contributed by atoms with E-state index in [1.807, 2.05) is 50.2 Å². The van der Waals surface area contributed by atoms with Crippen LogP contribution in [0.25, 0.3) is 0 Å². The summed E-state index contributed by atoms with van der Waals surface area (Å²) in [4.78, 5) is 29.9. The van der Waals surface area contributed by atoms with Gasteiger partial charge in [0.15, 0.2) is 0 Å². The van der Waals surface area contributed by atoms with Gasteiger partial charge in [0, 0.05) is 29.1 Å². The standard InChI is InChI=1S/C35H37Cl2N3O4S/c1-4-26(3)38-35(42)33(22-27-12-6-5-7-13-27)39(23-28-14-10-15-30(37)21-28)34(41)24-40(32-16-9-8-11-25(32)2)45(43,44)31-19-17-29(36)18-20-31/h5-21,26,33H,4,22-24H2,1-3H3,(H,38,42)/t26-,33-/m1/s1. The van der Waals surface area contributed by atoms with Gasteiger partial charge in [-0.15, -0.1) is 0 Å². The highest BCUT2D eigenvalue weighted by Crippen LogP contribution is 2.28. The van der Waals surface area contributed by atoms with E-state index in [0.717, 1.165) is 9.87 Å². The Morgan fingerprint density at radius 3 is 2.11 bits per heavy atom. The van der Waals surface area contributed by atoms with Crippen LogP contribution in [0.2, 0.25) is 10.0 Å². The van der Waals surface area contributed by atoms with Crippen LogP contribution >= 0.6 is 23.2 Å². The molecule has 0 spiro atoms. The molecule has 0 saturated heterocycles. The predicted molar refractivity (Wildman–Crippen MR) is 181 cm³/mol. The number of carbonyl (C=O) groups excluding carboxylic acids is 2. The first-order valence-electron chi connectivity index (χ1n) is 14.7. The quantitative estimate of drug-likeness (QED) is 0.166. The van der Waals surface area contributed by atoms with Crippen LogP contribution in [0.5, 0.6) is 0 Å². The van der Waals surface area contributed by atoms with E-state index in [4.69, 9.17) is 23.2 Å². The van der Waals surface area contributed by atoms with Gasteiger partial charge in [0.2, 0.25) is 11.8 Å². The fourth-order valence-corrected chi connectivity index (χ4v) is 6.74. The number of benzene rings is 4. The summed E-state index contributed by atoms with van der Waals surface area (Å²) in [5.41, 5.74) is 2.58. The minimum atomic E-state index is -4.22. The minimum Gasteiger partial charge on any atom is -0.352 e. The van der Waals surface area contributed by atoms with Gasteiger partial charge >= 0.3 is 0 Å². The van der Waals surface area contributed by atoms with Crippen LogP contribution in [0.15, 0.2) is 108 Å². The fraction of sp³-hybridized carbons (Fsp3) is 0.257. The van der Waals surface area contributed by atoms with Gasteiger partial charge in [-0.2, -0.15) is 0 Å². The molecule has 0 fully saturated rings. The maximum Gasteiger partial charge on any atom is 0.264 e. The molecule has 0 aliphatic carbocycles. The molecule has 0 aliphatic heterocycles. The first-order chi connectivity index (χ1) is 21.5. The summed E-state index contributed by atoms with van der Waals surface area (Å²) in [6.07, 6.45) is 0.927. The summed E-state index contributed by atoms with van der Waals surface area (Å²) in [6, 6.07) is 28.2. The van der Waals surface area contributed by atoms with Crippen molar-refractivity contribution in [3.05, 3.63) is 130 Å². The second kappa shape index (κ2) is 15.4. The maximum atomic E-state index is 14.5. The zero-order valence-corrected chi connectivity index (χ0v) is 27.8. The second-order valence-electron chi connectivity index (χ2n) is 10.9. The zero-order chi connectivity index (χ0) is 32.6. The first-order valence-corrected chi connectivity index (χ1v) is 16.9. The van der Waals surface area contributed by atoms with Crippen molar-refractivity contribution in [1.29, 1.82) is 0 Å². The molecule has 1 N–H and O–H groups in total. The molecule has 0 aliphatic rings. The van der Waals surface area contributed by atoms with E-state index in [-0.39, 0.29) is 29.8 Å². The van der Waals surface area contributed by atoms with Gasteiger partial charge in [0.25, 0.3) is 10.0 Å². The van der Waals surface area contributed by atoms with Crippen molar-refractivity contribution in [3.8, 4) is 0 Å². The molecule has 236 valence electrons. The van der Waals surface area contributed by atoms with Crippen LogP contribution < -0.4 is 9.62 Å². The van der Waals surface area contributed by atoms with Crippen molar-refractivity contribution in [1.82, 2.24) is 10.2 Å². The lowest BCUT2D eigenvalue weighted by Crippen LogP contribution is -2.54. The molecule has 2 atom stereocenters. The Morgan fingerprint density at radius 1 is 0.822 bits per heavy atom. The maximum absolute atomic E-state index is 14.5. The van der Waals surface area contributed by atoms with E-state index in [1.54, 1.807) is 49.4 Å². The Kier molecular flexibility index (Phi) is 11.7. The van der Waals surface area contributed by atoms with Crippen LogP contribution in [0.3, 0.4) is 0 Å². The highest BCUT2D eigenvalue weighted by atomic mass is 35.5. The number of anilines is 1. The summed E-state index contributed by atoms with van der Waals surface area (Å²) in [5, 5.41) is 3.90. The number of sulfonamides is 1. The molecule has 0 radical (unpaired) electrons. The highest BCUT2D eigenvalue weighted by Gasteiger charge is 2.35. The molecule has 45 heavy (non-hydrogen) atoms. The van der Waals surface area contributed by atoms with Crippen molar-refractivity contribution >= 4 is 50.7 Å². The Hall–Kier alpha value is -3.85. The number of carbonyl (C=O) groups is 2. The summed E-state index contributed by atoms with van der Waals surface area (Å²) in [6.45, 7) is 5.14. The Bertz CT molecular complexity index is 1720. The summed E-state index contributed by atoms with van der Waals surface area (Å²) < 4.78 is 29.4. The Labute approximate surface area is 275 Å². The lowest BCUT2D eigenvalue weighted by atomic mass is 10.0. The summed E-state index contributed by atoms with van der Waals surface area (Å²) >= 11 is 12.4. The van der Waals surface area contributed by atoms with Crippen molar-refractivity contribution in [2.45, 2.75) is 57.1 Å². The molecule has 10 heteroatoms. The molecule has 0 saturated carbocycles. The smallest absolute Gasteiger partial charge is 0.264 e. The normalized spacial score (nSPS) is 12.6. The number of aryl methyl sites for hydroxylation is 1. The molecule has 0 unspecified atom stereocenters. The Balaban J connectivity index is 1.82. The highest BCUT2D eigenvalue weighted by molar-refractivity contribution is 7.92. The second-order valence-corrected chi connectivity index (χ2v) is 13.7. The van der Waals surface area contributed by atoms with E-state index >= 15 is 0 Å². The molecular formula is C35H37Cl2N3O4S. The number of nitrogens with one attached hydrogen (secondary N) is 1. The number of rotatable bonds is 13. The molecule has 0 bridgehead atoms. The monoisotopic (exact) mass is 665 g/mol. The minimum absolute atomic E-state index is 0.0142. The topological polar surface area (TPSA) is 86.8 Å². The molecular weight excluding hydrogens is 629 g/mol. The van der Waals surface area contributed by atoms with Gasteiger partial charge in [0.05, 0.1) is 10.6 Å². The molecule has 4 aromatic carbocycles. The summed E-state index contributed by atoms with van der Waals surface area (Å²) in [7, 11) is -4.22. The SMILES string of the molecule is CC[C@@H](C)NC(=O)[C@@H](Cc1ccccc1)N(Cc1cccc(Cl)c1)C(=O)CN(c1ccccc1C)S(=O)(=O)c1ccc(Cl)cc1. The van der Waals surface area contributed by atoms with E-state index in [9.17, 15) is 18.0 Å². The van der Waals surface area contributed by atoms with Gasteiger partial charge in [-0.1, -0.05) is 90.8 Å². The molecule has 4 aromatic rings. The van der Waals surface area contributed by atoms with E-state index in [1.165, 1.54) is 29.2 Å². The number of hydrogen-bond donors (Lipinski definition) is 1. The predicted octanol–water partition coefficient (Wildman–Crippen LogP) is 7.05. The lowest BCUT2D eigenvalue weighted by molar-refractivity contribution is -0.140. The number of halogens is 2. The number of hydrogen-bond acceptors (Lipinski definition) is 4. The summed E-state index contributed by atoms with van der Waals surface area (Å²) in [5.74, 6) is -0.873. The van der Waals surface area contributed by atoms with Crippen LogP contribution in [0.1, 0.15) is 37.0 Å². The van der Waals surface area contributed by atoms with E-state index in [0.29, 0.717) is 33.3 Å². The van der Waals surface area contributed by atoms with Crippen molar-refractivity contribution in [3.63, 3.8) is 0 Å². The molecule has 2 amide bonds. The molecule has 7 nitrogen and oxygen atoms in total. The van der Waals surface area contributed by atoms with Crippen LogP contribution in [-0.4, -0.2) is 43.8 Å². The number of nitrogens with zero attached hydrogens (tertiary/aromatic N) is 2. The van der Waals surface area contributed by atoms with Crippen molar-refractivity contribution < 1.29 is 18.0 Å². The van der Waals surface area contributed by atoms with Gasteiger partial charge in [0.1, 0.15) is 12.6 Å². The molecule has 4 rings (SSSR count). The van der Waals surface area contributed by atoms with Crippen molar-refractivity contribution in [2.75, 3.05) is 10.8 Å². The third-order valence-electron chi connectivity index (χ3n) is 7.58. The third kappa shape index (κ3) is 8.87. The van der Waals surface area contributed by atoms with Crippen molar-refractivity contribution in [2.24, 2.45) is 0 Å². The number of para-hydroxylation sites is 1.